The van der Waals surface area contributed by atoms with E-state index in [9.17, 15) is 18.0 Å². The molecule has 1 aromatic heterocycles. The van der Waals surface area contributed by atoms with E-state index in [1.165, 1.54) is 4.68 Å². The predicted octanol–water partition coefficient (Wildman–Crippen LogP) is 4.51. The third kappa shape index (κ3) is 4.70. The Kier molecular flexibility index (Phi) is 5.06. The molecule has 0 unspecified atom stereocenters. The molecule has 7 heteroatoms. The number of alkyl halides is 3. The van der Waals surface area contributed by atoms with Crippen molar-refractivity contribution in [2.24, 2.45) is 0 Å². The summed E-state index contributed by atoms with van der Waals surface area (Å²) in [7, 11) is 0. The van der Waals surface area contributed by atoms with Gasteiger partial charge in [-0.3, -0.25) is 9.48 Å². The van der Waals surface area contributed by atoms with Crippen LogP contribution in [0.4, 0.5) is 13.2 Å². The molecule has 1 aliphatic carbocycles. The number of aromatic nitrogens is 2. The normalized spacial score (nSPS) is 15.0. The lowest BCUT2D eigenvalue weighted by Gasteiger charge is -2.19. The SMILES string of the molecule is CC(C)(C)c1ccc(C(=O)NCCn2nc(C(F)(F)F)cc2C2CC2)cc1. The molecule has 1 N–H and O–H groups in total. The number of amides is 1. The molecule has 0 bridgehead atoms. The Morgan fingerprint density at radius 2 is 1.81 bits per heavy atom. The average Bonchev–Trinajstić information content (AvgIpc) is 3.33. The summed E-state index contributed by atoms with van der Waals surface area (Å²) in [5, 5.41) is 6.45. The van der Waals surface area contributed by atoms with Crippen LogP contribution in [0.1, 0.15) is 66.8 Å². The zero-order valence-corrected chi connectivity index (χ0v) is 15.7. The van der Waals surface area contributed by atoms with Crippen molar-refractivity contribution in [3.8, 4) is 0 Å². The van der Waals surface area contributed by atoms with Crippen LogP contribution in [0, 0.1) is 0 Å². The third-order valence-electron chi connectivity index (χ3n) is 4.72. The van der Waals surface area contributed by atoms with Gasteiger partial charge in [0, 0.05) is 23.7 Å². The Morgan fingerprint density at radius 3 is 2.33 bits per heavy atom. The fourth-order valence-electron chi connectivity index (χ4n) is 2.96. The average molecular weight is 379 g/mol. The van der Waals surface area contributed by atoms with Crippen molar-refractivity contribution in [2.45, 2.75) is 57.7 Å². The lowest BCUT2D eigenvalue weighted by Crippen LogP contribution is -2.28. The van der Waals surface area contributed by atoms with Crippen LogP contribution in [-0.2, 0) is 18.1 Å². The van der Waals surface area contributed by atoms with Crippen LogP contribution in [0.3, 0.4) is 0 Å². The topological polar surface area (TPSA) is 46.9 Å². The molecule has 3 rings (SSSR count). The molecule has 1 amide bonds. The lowest BCUT2D eigenvalue weighted by molar-refractivity contribution is -0.141. The van der Waals surface area contributed by atoms with Crippen molar-refractivity contribution in [1.82, 2.24) is 15.1 Å². The van der Waals surface area contributed by atoms with Crippen LogP contribution < -0.4 is 5.32 Å². The fraction of sp³-hybridized carbons (Fsp3) is 0.500. The molecular weight excluding hydrogens is 355 g/mol. The lowest BCUT2D eigenvalue weighted by atomic mass is 9.87. The molecule has 2 aromatic rings. The van der Waals surface area contributed by atoms with E-state index in [0.29, 0.717) is 11.3 Å². The van der Waals surface area contributed by atoms with Gasteiger partial charge in [-0.15, -0.1) is 0 Å². The molecular formula is C20H24F3N3O. The zero-order chi connectivity index (χ0) is 19.8. The molecule has 1 fully saturated rings. The monoisotopic (exact) mass is 379 g/mol. The number of carbonyl (C=O) groups is 1. The molecule has 0 saturated heterocycles. The van der Waals surface area contributed by atoms with Gasteiger partial charge in [0.2, 0.25) is 0 Å². The third-order valence-corrected chi connectivity index (χ3v) is 4.72. The summed E-state index contributed by atoms with van der Waals surface area (Å²) < 4.78 is 40.1. The van der Waals surface area contributed by atoms with Crippen LogP contribution in [0.2, 0.25) is 0 Å². The minimum absolute atomic E-state index is 0.00446. The van der Waals surface area contributed by atoms with E-state index in [1.807, 2.05) is 12.1 Å². The van der Waals surface area contributed by atoms with Crippen molar-refractivity contribution < 1.29 is 18.0 Å². The first-order valence-corrected chi connectivity index (χ1v) is 9.09. The van der Waals surface area contributed by atoms with Crippen molar-refractivity contribution in [2.75, 3.05) is 6.54 Å². The van der Waals surface area contributed by atoms with E-state index >= 15 is 0 Å². The van der Waals surface area contributed by atoms with Crippen LogP contribution >= 0.6 is 0 Å². The van der Waals surface area contributed by atoms with E-state index in [-0.39, 0.29) is 30.3 Å². The van der Waals surface area contributed by atoms with Gasteiger partial charge in [0.05, 0.1) is 6.54 Å². The van der Waals surface area contributed by atoms with Crippen molar-refractivity contribution in [3.05, 3.63) is 52.8 Å². The first kappa shape index (κ1) is 19.5. The fourth-order valence-corrected chi connectivity index (χ4v) is 2.96. The smallest absolute Gasteiger partial charge is 0.350 e. The maximum atomic E-state index is 12.9. The second-order valence-electron chi connectivity index (χ2n) is 8.03. The molecule has 1 aliphatic rings. The number of benzene rings is 1. The van der Waals surface area contributed by atoms with Gasteiger partial charge in [0.1, 0.15) is 0 Å². The number of hydrogen-bond acceptors (Lipinski definition) is 2. The highest BCUT2D eigenvalue weighted by Crippen LogP contribution is 2.42. The van der Waals surface area contributed by atoms with Crippen molar-refractivity contribution in [3.63, 3.8) is 0 Å². The molecule has 0 radical (unpaired) electrons. The number of halogens is 3. The summed E-state index contributed by atoms with van der Waals surface area (Å²) >= 11 is 0. The van der Waals surface area contributed by atoms with E-state index in [0.717, 1.165) is 24.5 Å². The standard InChI is InChI=1S/C20H24F3N3O/c1-19(2,3)15-8-6-14(7-9-15)18(27)24-10-11-26-16(13-4-5-13)12-17(25-26)20(21,22)23/h6-9,12-13H,4-5,10-11H2,1-3H3,(H,24,27). The van der Waals surface area contributed by atoms with Gasteiger partial charge in [-0.1, -0.05) is 32.9 Å². The van der Waals surface area contributed by atoms with Crippen LogP contribution in [0.15, 0.2) is 30.3 Å². The number of rotatable bonds is 5. The highest BCUT2D eigenvalue weighted by Gasteiger charge is 2.37. The Hall–Kier alpha value is -2.31. The molecule has 0 atom stereocenters. The van der Waals surface area contributed by atoms with Gasteiger partial charge in [0.15, 0.2) is 5.69 Å². The second kappa shape index (κ2) is 7.02. The van der Waals surface area contributed by atoms with Crippen LogP contribution in [-0.4, -0.2) is 22.2 Å². The Labute approximate surface area is 156 Å². The molecule has 4 nitrogen and oxygen atoms in total. The molecule has 0 spiro atoms. The number of nitrogens with zero attached hydrogens (tertiary/aromatic N) is 2. The Balaban J connectivity index is 1.61. The van der Waals surface area contributed by atoms with Gasteiger partial charge in [-0.05, 0) is 42.0 Å². The van der Waals surface area contributed by atoms with E-state index in [2.05, 4.69) is 31.2 Å². The molecule has 27 heavy (non-hydrogen) atoms. The quantitative estimate of drug-likeness (QED) is 0.831. The minimum atomic E-state index is -4.45. The maximum Gasteiger partial charge on any atom is 0.435 e. The summed E-state index contributed by atoms with van der Waals surface area (Å²) in [4.78, 5) is 12.3. The molecule has 1 aromatic carbocycles. The second-order valence-corrected chi connectivity index (χ2v) is 8.03. The predicted molar refractivity (Wildman–Crippen MR) is 96.7 cm³/mol. The summed E-state index contributed by atoms with van der Waals surface area (Å²) in [6.45, 7) is 6.72. The molecule has 1 saturated carbocycles. The van der Waals surface area contributed by atoms with Gasteiger partial charge in [-0.25, -0.2) is 0 Å². The van der Waals surface area contributed by atoms with Crippen LogP contribution in [0.25, 0.3) is 0 Å². The summed E-state index contributed by atoms with van der Waals surface area (Å²) in [6.07, 6.45) is -2.68. The van der Waals surface area contributed by atoms with Gasteiger partial charge >= 0.3 is 6.18 Å². The van der Waals surface area contributed by atoms with E-state index in [1.54, 1.807) is 12.1 Å². The summed E-state index contributed by atoms with van der Waals surface area (Å²) in [6, 6.07) is 8.50. The largest absolute Gasteiger partial charge is 0.435 e. The summed E-state index contributed by atoms with van der Waals surface area (Å²) in [5.41, 5.74) is 1.40. The maximum absolute atomic E-state index is 12.9. The zero-order valence-electron chi connectivity index (χ0n) is 15.7. The number of nitrogens with one attached hydrogen (secondary N) is 1. The van der Waals surface area contributed by atoms with Crippen molar-refractivity contribution in [1.29, 1.82) is 0 Å². The van der Waals surface area contributed by atoms with Gasteiger partial charge in [0.25, 0.3) is 5.91 Å². The van der Waals surface area contributed by atoms with Gasteiger partial charge < -0.3 is 5.32 Å². The summed E-state index contributed by atoms with van der Waals surface area (Å²) in [5.74, 6) is -0.0964. The Bertz CT molecular complexity index is 812. The van der Waals surface area contributed by atoms with Gasteiger partial charge in [-0.2, -0.15) is 18.3 Å². The highest BCUT2D eigenvalue weighted by molar-refractivity contribution is 5.94. The van der Waals surface area contributed by atoms with Crippen molar-refractivity contribution >= 4 is 5.91 Å². The minimum Gasteiger partial charge on any atom is -0.350 e. The number of carbonyl (C=O) groups excluding carboxylic acids is 1. The molecule has 146 valence electrons. The molecule has 0 aliphatic heterocycles. The highest BCUT2D eigenvalue weighted by atomic mass is 19.4. The van der Waals surface area contributed by atoms with E-state index < -0.39 is 11.9 Å². The molecule has 1 heterocycles. The first-order chi connectivity index (χ1) is 12.6. The van der Waals surface area contributed by atoms with Crippen LogP contribution in [0.5, 0.6) is 0 Å². The number of hydrogen-bond donors (Lipinski definition) is 1. The first-order valence-electron chi connectivity index (χ1n) is 9.09. The Morgan fingerprint density at radius 1 is 1.19 bits per heavy atom. The van der Waals surface area contributed by atoms with E-state index in [4.69, 9.17) is 0 Å².